The molecule has 2 aromatic rings. The third kappa shape index (κ3) is 3.73. The van der Waals surface area contributed by atoms with E-state index in [-0.39, 0.29) is 18.0 Å². The van der Waals surface area contributed by atoms with Crippen molar-refractivity contribution in [3.8, 4) is 0 Å². The van der Waals surface area contributed by atoms with Gasteiger partial charge in [-0.3, -0.25) is 0 Å². The molecule has 0 aliphatic carbocycles. The number of aliphatic hydroxyl groups excluding tert-OH is 3. The first-order chi connectivity index (χ1) is 13.1. The van der Waals surface area contributed by atoms with Gasteiger partial charge in [0.05, 0.1) is 18.2 Å². The van der Waals surface area contributed by atoms with Crippen LogP contribution in [-0.4, -0.2) is 69.5 Å². The van der Waals surface area contributed by atoms with Crippen LogP contribution in [0.2, 0.25) is 5.28 Å². The van der Waals surface area contributed by atoms with Gasteiger partial charge in [-0.15, -0.1) is 0 Å². The van der Waals surface area contributed by atoms with E-state index in [0.29, 0.717) is 23.4 Å². The van der Waals surface area contributed by atoms with E-state index >= 15 is 0 Å². The number of hydrogen-bond donors (Lipinski definition) is 4. The zero-order chi connectivity index (χ0) is 19.0. The average Bonchev–Trinajstić information content (AvgIpc) is 3.28. The van der Waals surface area contributed by atoms with E-state index in [9.17, 15) is 15.3 Å². The van der Waals surface area contributed by atoms with Gasteiger partial charge in [-0.1, -0.05) is 6.07 Å². The van der Waals surface area contributed by atoms with Crippen LogP contribution in [0.1, 0.15) is 24.5 Å². The zero-order valence-corrected chi connectivity index (χ0v) is 15.3. The first-order valence-electron chi connectivity index (χ1n) is 9.02. The highest BCUT2D eigenvalue weighted by Crippen LogP contribution is 2.35. The van der Waals surface area contributed by atoms with Crippen molar-refractivity contribution in [2.45, 2.75) is 43.4 Å². The van der Waals surface area contributed by atoms with Crippen LogP contribution >= 0.6 is 11.6 Å². The summed E-state index contributed by atoms with van der Waals surface area (Å²) in [5, 5.41) is 33.6. The summed E-state index contributed by atoms with van der Waals surface area (Å²) in [6.45, 7) is 1.05. The summed E-state index contributed by atoms with van der Waals surface area (Å²) in [6, 6.07) is 5.37. The van der Waals surface area contributed by atoms with Gasteiger partial charge in [0.1, 0.15) is 30.2 Å². The molecule has 146 valence electrons. The van der Waals surface area contributed by atoms with Crippen LogP contribution < -0.4 is 5.32 Å². The quantitative estimate of drug-likeness (QED) is 0.554. The largest absolute Gasteiger partial charge is 0.394 e. The molecule has 5 atom stereocenters. The van der Waals surface area contributed by atoms with Crippen LogP contribution in [0.3, 0.4) is 0 Å². The number of anilines is 1. The number of nitrogens with zero attached hydrogens (tertiary/aromatic N) is 2. The van der Waals surface area contributed by atoms with Crippen molar-refractivity contribution in [3.63, 3.8) is 0 Å². The minimum atomic E-state index is -1.15. The number of aromatic nitrogens is 2. The molecule has 9 heteroatoms. The maximum atomic E-state index is 10.2. The van der Waals surface area contributed by atoms with Crippen LogP contribution in [0, 0.1) is 0 Å². The van der Waals surface area contributed by atoms with Crippen LogP contribution in [0.5, 0.6) is 0 Å². The van der Waals surface area contributed by atoms with Crippen LogP contribution in [0.15, 0.2) is 18.2 Å². The molecule has 3 heterocycles. The molecule has 4 N–H and O–H groups in total. The number of hydrogen-bond acceptors (Lipinski definition) is 8. The first kappa shape index (κ1) is 18.8. The van der Waals surface area contributed by atoms with Crippen LogP contribution in [-0.2, 0) is 9.47 Å². The monoisotopic (exact) mass is 395 g/mol. The lowest BCUT2D eigenvalue weighted by Gasteiger charge is -2.17. The molecule has 2 fully saturated rings. The maximum Gasteiger partial charge on any atom is 0.224 e. The van der Waals surface area contributed by atoms with Gasteiger partial charge in [-0.25, -0.2) is 9.97 Å². The predicted molar refractivity (Wildman–Crippen MR) is 98.7 cm³/mol. The van der Waals surface area contributed by atoms with E-state index in [1.165, 1.54) is 0 Å². The van der Waals surface area contributed by atoms with E-state index in [1.807, 2.05) is 6.07 Å². The van der Waals surface area contributed by atoms with E-state index < -0.39 is 24.4 Å². The van der Waals surface area contributed by atoms with Gasteiger partial charge in [0, 0.05) is 18.5 Å². The molecule has 0 saturated carbocycles. The molecule has 0 spiro atoms. The Labute approximate surface area is 161 Å². The lowest BCUT2D eigenvalue weighted by molar-refractivity contribution is -0.0227. The Morgan fingerprint density at radius 3 is 2.78 bits per heavy atom. The van der Waals surface area contributed by atoms with Crippen molar-refractivity contribution >= 4 is 28.3 Å². The number of halogens is 1. The highest BCUT2D eigenvalue weighted by molar-refractivity contribution is 6.28. The van der Waals surface area contributed by atoms with E-state index in [4.69, 9.17) is 21.1 Å². The molecule has 8 nitrogen and oxygen atoms in total. The fraction of sp³-hybridized carbons (Fsp3) is 0.556. The Kier molecular flexibility index (Phi) is 5.45. The number of ether oxygens (including phenoxy) is 2. The van der Waals surface area contributed by atoms with Crippen molar-refractivity contribution in [2.75, 3.05) is 25.1 Å². The molecular formula is C18H22ClN3O5. The summed E-state index contributed by atoms with van der Waals surface area (Å²) in [5.74, 6) is 0.619. The van der Waals surface area contributed by atoms with Crippen LogP contribution in [0.4, 0.5) is 5.82 Å². The Balaban J connectivity index is 1.60. The molecule has 27 heavy (non-hydrogen) atoms. The molecule has 1 unspecified atom stereocenters. The Hall–Kier alpha value is -1.55. The van der Waals surface area contributed by atoms with E-state index in [1.54, 1.807) is 12.1 Å². The summed E-state index contributed by atoms with van der Waals surface area (Å²) < 4.78 is 11.2. The van der Waals surface area contributed by atoms with Crippen LogP contribution in [0.25, 0.3) is 10.9 Å². The summed E-state index contributed by atoms with van der Waals surface area (Å²) in [7, 11) is 0. The summed E-state index contributed by atoms with van der Waals surface area (Å²) >= 11 is 6.08. The number of aliphatic hydroxyl groups is 3. The number of benzene rings is 1. The molecule has 1 aromatic heterocycles. The minimum Gasteiger partial charge on any atom is -0.394 e. The van der Waals surface area contributed by atoms with Gasteiger partial charge < -0.3 is 30.1 Å². The fourth-order valence-corrected chi connectivity index (χ4v) is 3.80. The fourth-order valence-electron chi connectivity index (χ4n) is 3.62. The molecule has 2 aliphatic rings. The maximum absolute atomic E-state index is 10.2. The van der Waals surface area contributed by atoms with Gasteiger partial charge in [-0.05, 0) is 42.1 Å². The van der Waals surface area contributed by atoms with Crippen molar-refractivity contribution in [1.29, 1.82) is 0 Å². The second kappa shape index (κ2) is 7.83. The molecule has 1 aromatic carbocycles. The number of fused-ring (bicyclic) bond motifs is 1. The van der Waals surface area contributed by atoms with E-state index in [0.717, 1.165) is 24.8 Å². The van der Waals surface area contributed by atoms with Gasteiger partial charge in [0.2, 0.25) is 5.28 Å². The molecule has 2 saturated heterocycles. The standard InChI is InChI=1S/C18H22ClN3O5/c19-18-21-12-6-9(16-15(25)14(24)13(8-23)27-16)3-4-11(12)17(22-18)20-7-10-2-1-5-26-10/h3-4,6,10,13-16,23-25H,1-2,5,7-8H2,(H,20,21,22)/t10?,13-,14-,15-,16+/m1/s1. The minimum absolute atomic E-state index is 0.107. The first-order valence-corrected chi connectivity index (χ1v) is 9.39. The lowest BCUT2D eigenvalue weighted by Crippen LogP contribution is -2.32. The molecule has 0 radical (unpaired) electrons. The smallest absolute Gasteiger partial charge is 0.224 e. The highest BCUT2D eigenvalue weighted by atomic mass is 35.5. The third-order valence-corrected chi connectivity index (χ3v) is 5.25. The Morgan fingerprint density at radius 2 is 2.07 bits per heavy atom. The molecule has 4 rings (SSSR count). The van der Waals surface area contributed by atoms with Gasteiger partial charge >= 0.3 is 0 Å². The van der Waals surface area contributed by atoms with Crippen molar-refractivity contribution < 1.29 is 24.8 Å². The van der Waals surface area contributed by atoms with Gasteiger partial charge in [0.15, 0.2) is 0 Å². The van der Waals surface area contributed by atoms with Crippen molar-refractivity contribution in [1.82, 2.24) is 9.97 Å². The summed E-state index contributed by atoms with van der Waals surface area (Å²) in [6.07, 6.45) is -1.61. The van der Waals surface area contributed by atoms with Crippen molar-refractivity contribution in [3.05, 3.63) is 29.0 Å². The highest BCUT2D eigenvalue weighted by Gasteiger charge is 2.43. The topological polar surface area (TPSA) is 117 Å². The number of rotatable bonds is 5. The molecule has 2 aliphatic heterocycles. The second-order valence-corrected chi connectivity index (χ2v) is 7.23. The van der Waals surface area contributed by atoms with Crippen molar-refractivity contribution in [2.24, 2.45) is 0 Å². The van der Waals surface area contributed by atoms with E-state index in [2.05, 4.69) is 15.3 Å². The summed E-state index contributed by atoms with van der Waals surface area (Å²) in [5.41, 5.74) is 1.24. The van der Waals surface area contributed by atoms with Gasteiger partial charge in [0.25, 0.3) is 0 Å². The zero-order valence-electron chi connectivity index (χ0n) is 14.6. The predicted octanol–water partition coefficient (Wildman–Crippen LogP) is 1.03. The molecule has 0 bridgehead atoms. The molecular weight excluding hydrogens is 374 g/mol. The Bertz CT molecular complexity index is 817. The lowest BCUT2D eigenvalue weighted by atomic mass is 10.0. The normalized spacial score (nSPS) is 30.9. The number of nitrogens with one attached hydrogen (secondary N) is 1. The van der Waals surface area contributed by atoms with Gasteiger partial charge in [-0.2, -0.15) is 0 Å². The SMILES string of the molecule is OC[C@H]1O[C@@H](c2ccc3c(NCC4CCCO4)nc(Cl)nc3c2)[C@H](O)[C@@H]1O. The Morgan fingerprint density at radius 1 is 1.22 bits per heavy atom. The average molecular weight is 396 g/mol. The summed E-state index contributed by atoms with van der Waals surface area (Å²) in [4.78, 5) is 8.54. The second-order valence-electron chi connectivity index (χ2n) is 6.89. The third-order valence-electron chi connectivity index (χ3n) is 5.09. The molecule has 0 amide bonds.